The highest BCUT2D eigenvalue weighted by Crippen LogP contribution is 2.33. The molecular weight excluding hydrogens is 398 g/mol. The van der Waals surface area contributed by atoms with E-state index in [0.29, 0.717) is 0 Å². The summed E-state index contributed by atoms with van der Waals surface area (Å²) in [7, 11) is 0. The molecule has 4 nitrogen and oxygen atoms in total. The standard InChI is InChI=1S/C16H9ClF6N4/c17-10-7-24-14(25-8-10)6-12-5-13(16(21,22)23)26-27(12)11-3-1-2-9(4-11)15(18,19)20/h1-5,7-8H,6H2. The second kappa shape index (κ2) is 6.84. The maximum absolute atomic E-state index is 13.1. The van der Waals surface area contributed by atoms with Gasteiger partial charge < -0.3 is 0 Å². The summed E-state index contributed by atoms with van der Waals surface area (Å²) in [6.45, 7) is 0. The quantitative estimate of drug-likeness (QED) is 0.578. The molecule has 2 heterocycles. The molecule has 0 aliphatic carbocycles. The van der Waals surface area contributed by atoms with Gasteiger partial charge in [0.05, 0.1) is 28.4 Å². The van der Waals surface area contributed by atoms with Crippen LogP contribution in [0.3, 0.4) is 0 Å². The summed E-state index contributed by atoms with van der Waals surface area (Å²) < 4.78 is 78.7. The fourth-order valence-corrected chi connectivity index (χ4v) is 2.41. The third-order valence-electron chi connectivity index (χ3n) is 3.50. The summed E-state index contributed by atoms with van der Waals surface area (Å²) in [5, 5.41) is 3.67. The highest BCUT2D eigenvalue weighted by atomic mass is 35.5. The maximum Gasteiger partial charge on any atom is 0.435 e. The van der Waals surface area contributed by atoms with Crippen LogP contribution in [0.5, 0.6) is 0 Å². The lowest BCUT2D eigenvalue weighted by molar-refractivity contribution is -0.141. The first kappa shape index (κ1) is 19.2. The Labute approximate surface area is 153 Å². The van der Waals surface area contributed by atoms with Crippen molar-refractivity contribution < 1.29 is 26.3 Å². The van der Waals surface area contributed by atoms with E-state index in [0.717, 1.165) is 28.9 Å². The van der Waals surface area contributed by atoms with Gasteiger partial charge in [-0.05, 0) is 24.3 Å². The number of aromatic nitrogens is 4. The number of halogens is 7. The average molecular weight is 407 g/mol. The maximum atomic E-state index is 13.1. The largest absolute Gasteiger partial charge is 0.435 e. The lowest BCUT2D eigenvalue weighted by Crippen LogP contribution is -2.10. The molecule has 0 saturated carbocycles. The first-order valence-corrected chi connectivity index (χ1v) is 7.72. The van der Waals surface area contributed by atoms with Crippen LogP contribution in [0.1, 0.15) is 22.8 Å². The normalized spacial score (nSPS) is 12.4. The van der Waals surface area contributed by atoms with Crippen molar-refractivity contribution in [1.29, 1.82) is 0 Å². The van der Waals surface area contributed by atoms with Crippen LogP contribution in [0.4, 0.5) is 26.3 Å². The second-order valence-electron chi connectivity index (χ2n) is 5.47. The number of rotatable bonds is 3. The Balaban J connectivity index is 2.08. The van der Waals surface area contributed by atoms with Gasteiger partial charge >= 0.3 is 12.4 Å². The van der Waals surface area contributed by atoms with E-state index < -0.39 is 23.6 Å². The molecule has 0 atom stereocenters. The predicted octanol–water partition coefficient (Wildman–Crippen LogP) is 4.94. The van der Waals surface area contributed by atoms with E-state index in [1.807, 2.05) is 0 Å². The van der Waals surface area contributed by atoms with E-state index >= 15 is 0 Å². The molecule has 0 saturated heterocycles. The van der Waals surface area contributed by atoms with Crippen LogP contribution in [-0.2, 0) is 18.8 Å². The number of alkyl halides is 6. The number of nitrogens with zero attached hydrogens (tertiary/aromatic N) is 4. The Kier molecular flexibility index (Phi) is 4.85. The van der Waals surface area contributed by atoms with E-state index in [2.05, 4.69) is 15.1 Å². The van der Waals surface area contributed by atoms with Gasteiger partial charge in [0.15, 0.2) is 5.69 Å². The highest BCUT2D eigenvalue weighted by Gasteiger charge is 2.36. The minimum Gasteiger partial charge on any atom is -0.239 e. The van der Waals surface area contributed by atoms with Crippen LogP contribution < -0.4 is 0 Å². The SMILES string of the molecule is FC(F)(F)c1cccc(-n2nc(C(F)(F)F)cc2Cc2ncc(Cl)cn2)c1. The van der Waals surface area contributed by atoms with Crippen LogP contribution in [0, 0.1) is 0 Å². The molecule has 3 rings (SSSR count). The molecule has 0 spiro atoms. The summed E-state index contributed by atoms with van der Waals surface area (Å²) in [6, 6.07) is 4.61. The number of hydrogen-bond donors (Lipinski definition) is 0. The lowest BCUT2D eigenvalue weighted by Gasteiger charge is -2.11. The topological polar surface area (TPSA) is 43.6 Å². The second-order valence-corrected chi connectivity index (χ2v) is 5.91. The Hall–Kier alpha value is -2.62. The molecule has 0 radical (unpaired) electrons. The minimum atomic E-state index is -4.76. The molecule has 0 N–H and O–H groups in total. The first-order valence-electron chi connectivity index (χ1n) is 7.34. The molecule has 0 aliphatic rings. The molecule has 2 aromatic heterocycles. The summed E-state index contributed by atoms with van der Waals surface area (Å²) in [5.74, 6) is 0.140. The molecule has 0 fully saturated rings. The zero-order chi connectivity index (χ0) is 19.8. The van der Waals surface area contributed by atoms with Gasteiger partial charge in [0.1, 0.15) is 5.82 Å². The van der Waals surface area contributed by atoms with Crippen LogP contribution in [0.2, 0.25) is 5.02 Å². The monoisotopic (exact) mass is 406 g/mol. The van der Waals surface area contributed by atoms with Crippen LogP contribution in [0.25, 0.3) is 5.69 Å². The van der Waals surface area contributed by atoms with E-state index in [-0.39, 0.29) is 28.6 Å². The van der Waals surface area contributed by atoms with Gasteiger partial charge in [0.25, 0.3) is 0 Å². The number of hydrogen-bond acceptors (Lipinski definition) is 3. The molecule has 0 amide bonds. The molecule has 27 heavy (non-hydrogen) atoms. The van der Waals surface area contributed by atoms with E-state index in [1.165, 1.54) is 18.5 Å². The Morgan fingerprint density at radius 3 is 2.19 bits per heavy atom. The van der Waals surface area contributed by atoms with E-state index in [9.17, 15) is 26.3 Å². The molecule has 142 valence electrons. The van der Waals surface area contributed by atoms with Gasteiger partial charge in [-0.1, -0.05) is 17.7 Å². The minimum absolute atomic E-state index is 0.0241. The lowest BCUT2D eigenvalue weighted by atomic mass is 10.2. The Morgan fingerprint density at radius 1 is 0.926 bits per heavy atom. The fourth-order valence-electron chi connectivity index (χ4n) is 2.31. The highest BCUT2D eigenvalue weighted by molar-refractivity contribution is 6.30. The molecule has 3 aromatic rings. The van der Waals surface area contributed by atoms with Crippen molar-refractivity contribution in [3.8, 4) is 5.69 Å². The van der Waals surface area contributed by atoms with Crippen molar-refractivity contribution in [3.05, 3.63) is 70.5 Å². The molecular formula is C16H9ClF6N4. The summed E-state index contributed by atoms with van der Waals surface area (Å²) in [4.78, 5) is 7.78. The third kappa shape index (κ3) is 4.38. The van der Waals surface area contributed by atoms with Gasteiger partial charge in [-0.15, -0.1) is 0 Å². The van der Waals surface area contributed by atoms with Crippen molar-refractivity contribution in [1.82, 2.24) is 19.7 Å². The molecule has 0 aliphatic heterocycles. The van der Waals surface area contributed by atoms with Crippen LogP contribution >= 0.6 is 11.6 Å². The van der Waals surface area contributed by atoms with E-state index in [4.69, 9.17) is 11.6 Å². The van der Waals surface area contributed by atoms with Crippen LogP contribution in [0.15, 0.2) is 42.7 Å². The van der Waals surface area contributed by atoms with Gasteiger partial charge in [0.2, 0.25) is 0 Å². The van der Waals surface area contributed by atoms with Crippen molar-refractivity contribution in [2.24, 2.45) is 0 Å². The average Bonchev–Trinajstić information content (AvgIpc) is 3.00. The Bertz CT molecular complexity index is 947. The number of benzene rings is 1. The van der Waals surface area contributed by atoms with Crippen molar-refractivity contribution in [2.45, 2.75) is 18.8 Å². The molecule has 0 bridgehead atoms. The van der Waals surface area contributed by atoms with Gasteiger partial charge in [0, 0.05) is 12.4 Å². The van der Waals surface area contributed by atoms with Gasteiger partial charge in [-0.3, -0.25) is 0 Å². The summed E-state index contributed by atoms with van der Waals surface area (Å²) >= 11 is 5.67. The molecule has 1 aromatic carbocycles. The zero-order valence-corrected chi connectivity index (χ0v) is 13.9. The summed E-state index contributed by atoms with van der Waals surface area (Å²) in [5.41, 5.74) is -2.42. The van der Waals surface area contributed by atoms with Gasteiger partial charge in [-0.2, -0.15) is 31.4 Å². The van der Waals surface area contributed by atoms with Crippen LogP contribution in [-0.4, -0.2) is 19.7 Å². The fraction of sp³-hybridized carbons (Fsp3) is 0.188. The third-order valence-corrected chi connectivity index (χ3v) is 3.70. The Morgan fingerprint density at radius 2 is 1.59 bits per heavy atom. The van der Waals surface area contributed by atoms with Gasteiger partial charge in [-0.25, -0.2) is 14.6 Å². The zero-order valence-electron chi connectivity index (χ0n) is 13.2. The molecule has 11 heteroatoms. The smallest absolute Gasteiger partial charge is 0.239 e. The van der Waals surface area contributed by atoms with E-state index in [1.54, 1.807) is 0 Å². The first-order chi connectivity index (χ1) is 12.5. The summed E-state index contributed by atoms with van der Waals surface area (Å²) in [6.07, 6.45) is -7.06. The van der Waals surface area contributed by atoms with Crippen molar-refractivity contribution >= 4 is 11.6 Å². The molecule has 0 unspecified atom stereocenters. The van der Waals surface area contributed by atoms with Crippen molar-refractivity contribution in [3.63, 3.8) is 0 Å². The predicted molar refractivity (Wildman–Crippen MR) is 83.4 cm³/mol. The van der Waals surface area contributed by atoms with Crippen molar-refractivity contribution in [2.75, 3.05) is 0 Å².